The second-order valence-corrected chi connectivity index (χ2v) is 8.21. The van der Waals surface area contributed by atoms with Crippen LogP contribution in [0.15, 0.2) is 48.5 Å². The maximum absolute atomic E-state index is 12.5. The molecule has 6 nitrogen and oxygen atoms in total. The van der Waals surface area contributed by atoms with Gasteiger partial charge in [-0.25, -0.2) is 0 Å². The highest BCUT2D eigenvalue weighted by Gasteiger charge is 2.32. The van der Waals surface area contributed by atoms with Crippen LogP contribution in [0.25, 0.3) is 0 Å². The maximum atomic E-state index is 12.5. The molecule has 30 heavy (non-hydrogen) atoms. The van der Waals surface area contributed by atoms with E-state index in [1.807, 2.05) is 54.3 Å². The monoisotopic (exact) mass is 406 g/mol. The smallest absolute Gasteiger partial charge is 0.228 e. The zero-order valence-corrected chi connectivity index (χ0v) is 17.7. The number of carbonyl (C=O) groups excluding carboxylic acids is 2. The number of carbonyl (C=O) groups is 2. The SMILES string of the molecule is CCC(=O)N1c2ccccc2[C@H](Nc2ccc(NC(=O)C3CCNC3)cc2)C[C@@H]1C. The first-order valence-electron chi connectivity index (χ1n) is 10.9. The minimum Gasteiger partial charge on any atom is -0.378 e. The molecule has 1 saturated heterocycles. The Balaban J connectivity index is 1.47. The Morgan fingerprint density at radius 3 is 2.53 bits per heavy atom. The summed E-state index contributed by atoms with van der Waals surface area (Å²) in [4.78, 5) is 26.7. The summed E-state index contributed by atoms with van der Waals surface area (Å²) in [7, 11) is 0. The largest absolute Gasteiger partial charge is 0.378 e. The zero-order valence-electron chi connectivity index (χ0n) is 17.7. The van der Waals surface area contributed by atoms with E-state index in [1.165, 1.54) is 0 Å². The average Bonchev–Trinajstić information content (AvgIpc) is 3.30. The van der Waals surface area contributed by atoms with Gasteiger partial charge in [0.25, 0.3) is 0 Å². The third-order valence-corrected chi connectivity index (χ3v) is 6.08. The lowest BCUT2D eigenvalue weighted by Gasteiger charge is -2.40. The van der Waals surface area contributed by atoms with Crippen molar-refractivity contribution in [3.63, 3.8) is 0 Å². The normalized spacial score (nSPS) is 23.0. The van der Waals surface area contributed by atoms with Crippen LogP contribution in [0, 0.1) is 5.92 Å². The van der Waals surface area contributed by atoms with Crippen LogP contribution in [0.1, 0.15) is 44.7 Å². The van der Waals surface area contributed by atoms with E-state index in [2.05, 4.69) is 28.9 Å². The number of amides is 2. The molecule has 6 heteroatoms. The summed E-state index contributed by atoms with van der Waals surface area (Å²) >= 11 is 0. The van der Waals surface area contributed by atoms with Crippen molar-refractivity contribution in [3.8, 4) is 0 Å². The molecule has 4 rings (SSSR count). The Morgan fingerprint density at radius 1 is 1.10 bits per heavy atom. The molecule has 2 aliphatic heterocycles. The van der Waals surface area contributed by atoms with Gasteiger partial charge in [-0.15, -0.1) is 0 Å². The first-order valence-corrected chi connectivity index (χ1v) is 10.9. The Kier molecular flexibility index (Phi) is 6.04. The molecule has 0 spiro atoms. The van der Waals surface area contributed by atoms with Crippen LogP contribution in [0.2, 0.25) is 0 Å². The first-order chi connectivity index (χ1) is 14.6. The van der Waals surface area contributed by atoms with Crippen LogP contribution in [0.4, 0.5) is 17.1 Å². The topological polar surface area (TPSA) is 73.5 Å². The Hall–Kier alpha value is -2.86. The molecule has 2 aliphatic rings. The number of hydrogen-bond acceptors (Lipinski definition) is 4. The van der Waals surface area contributed by atoms with Crippen LogP contribution in [0.3, 0.4) is 0 Å². The van der Waals surface area contributed by atoms with Gasteiger partial charge in [0.2, 0.25) is 11.8 Å². The second kappa shape index (κ2) is 8.88. The second-order valence-electron chi connectivity index (χ2n) is 8.21. The number of fused-ring (bicyclic) bond motifs is 1. The van der Waals surface area contributed by atoms with Crippen molar-refractivity contribution in [1.82, 2.24) is 5.32 Å². The van der Waals surface area contributed by atoms with Crippen molar-refractivity contribution in [2.24, 2.45) is 5.92 Å². The zero-order chi connectivity index (χ0) is 21.1. The molecule has 1 unspecified atom stereocenters. The van der Waals surface area contributed by atoms with Gasteiger partial charge in [-0.1, -0.05) is 25.1 Å². The van der Waals surface area contributed by atoms with E-state index in [0.29, 0.717) is 6.42 Å². The molecule has 0 saturated carbocycles. The van der Waals surface area contributed by atoms with Crippen LogP contribution < -0.4 is 20.9 Å². The molecule has 2 heterocycles. The van der Waals surface area contributed by atoms with Crippen LogP contribution in [-0.4, -0.2) is 30.9 Å². The van der Waals surface area contributed by atoms with E-state index in [-0.39, 0.29) is 29.8 Å². The number of nitrogens with one attached hydrogen (secondary N) is 3. The molecular formula is C24H30N4O2. The molecule has 1 fully saturated rings. The van der Waals surface area contributed by atoms with Crippen molar-refractivity contribution >= 4 is 28.9 Å². The van der Waals surface area contributed by atoms with Crippen LogP contribution >= 0.6 is 0 Å². The van der Waals surface area contributed by atoms with Crippen molar-refractivity contribution in [3.05, 3.63) is 54.1 Å². The van der Waals surface area contributed by atoms with E-state index in [4.69, 9.17) is 0 Å². The molecule has 3 atom stereocenters. The molecule has 0 bridgehead atoms. The summed E-state index contributed by atoms with van der Waals surface area (Å²) in [5.74, 6) is 0.291. The number of rotatable bonds is 5. The van der Waals surface area contributed by atoms with E-state index >= 15 is 0 Å². The van der Waals surface area contributed by atoms with Crippen LogP contribution in [0.5, 0.6) is 0 Å². The van der Waals surface area contributed by atoms with Crippen molar-refractivity contribution in [2.45, 2.75) is 45.2 Å². The van der Waals surface area contributed by atoms with Gasteiger partial charge in [0.15, 0.2) is 0 Å². The predicted octanol–water partition coefficient (Wildman–Crippen LogP) is 3.92. The maximum Gasteiger partial charge on any atom is 0.228 e. The Bertz CT molecular complexity index is 906. The van der Waals surface area contributed by atoms with Crippen molar-refractivity contribution < 1.29 is 9.59 Å². The minimum atomic E-state index is 0.0526. The van der Waals surface area contributed by atoms with Gasteiger partial charge >= 0.3 is 0 Å². The lowest BCUT2D eigenvalue weighted by molar-refractivity contribution is -0.119. The van der Waals surface area contributed by atoms with Gasteiger partial charge in [-0.2, -0.15) is 0 Å². The standard InChI is InChI=1S/C24H30N4O2/c1-3-23(29)28-16(2)14-21(20-6-4-5-7-22(20)28)26-18-8-10-19(11-9-18)27-24(30)17-12-13-25-15-17/h4-11,16-17,21,25-26H,3,12-15H2,1-2H3,(H,27,30)/t16-,17?,21+/m0/s1. The van der Waals surface area contributed by atoms with Gasteiger partial charge in [0, 0.05) is 36.1 Å². The van der Waals surface area contributed by atoms with Gasteiger partial charge in [0.1, 0.15) is 0 Å². The van der Waals surface area contributed by atoms with Gasteiger partial charge in [-0.05, 0) is 62.2 Å². The van der Waals surface area contributed by atoms with Crippen LogP contribution in [-0.2, 0) is 9.59 Å². The van der Waals surface area contributed by atoms with E-state index < -0.39 is 0 Å². The summed E-state index contributed by atoms with van der Waals surface area (Å²) < 4.78 is 0. The fraction of sp³-hybridized carbons (Fsp3) is 0.417. The van der Waals surface area contributed by atoms with Gasteiger partial charge in [0.05, 0.1) is 12.0 Å². The average molecular weight is 407 g/mol. The first kappa shape index (κ1) is 20.4. The highest BCUT2D eigenvalue weighted by Crippen LogP contribution is 2.39. The molecule has 2 aromatic carbocycles. The number of benzene rings is 2. The summed E-state index contributed by atoms with van der Waals surface area (Å²) in [6.07, 6.45) is 2.24. The number of para-hydroxylation sites is 1. The summed E-state index contributed by atoms with van der Waals surface area (Å²) in [5, 5.41) is 9.85. The highest BCUT2D eigenvalue weighted by atomic mass is 16.2. The minimum absolute atomic E-state index is 0.0526. The molecule has 158 valence electrons. The molecule has 3 N–H and O–H groups in total. The molecule has 0 aliphatic carbocycles. The summed E-state index contributed by atoms with van der Waals surface area (Å²) in [6.45, 7) is 5.67. The molecule has 0 aromatic heterocycles. The quantitative estimate of drug-likeness (QED) is 0.704. The molecular weight excluding hydrogens is 376 g/mol. The fourth-order valence-corrected chi connectivity index (χ4v) is 4.47. The van der Waals surface area contributed by atoms with E-state index in [1.54, 1.807) is 0 Å². The predicted molar refractivity (Wildman–Crippen MR) is 121 cm³/mol. The van der Waals surface area contributed by atoms with E-state index in [9.17, 15) is 9.59 Å². The van der Waals surface area contributed by atoms with Crippen molar-refractivity contribution in [1.29, 1.82) is 0 Å². The van der Waals surface area contributed by atoms with Crippen molar-refractivity contribution in [2.75, 3.05) is 28.6 Å². The molecule has 0 radical (unpaired) electrons. The molecule has 2 amide bonds. The highest BCUT2D eigenvalue weighted by molar-refractivity contribution is 5.95. The number of hydrogen-bond donors (Lipinski definition) is 3. The third kappa shape index (κ3) is 4.19. The number of anilines is 3. The summed E-state index contributed by atoms with van der Waals surface area (Å²) in [6, 6.07) is 16.3. The lowest BCUT2D eigenvalue weighted by atomic mass is 9.91. The fourth-order valence-electron chi connectivity index (χ4n) is 4.47. The number of nitrogens with zero attached hydrogens (tertiary/aromatic N) is 1. The summed E-state index contributed by atoms with van der Waals surface area (Å²) in [5.41, 5.74) is 3.95. The lowest BCUT2D eigenvalue weighted by Crippen LogP contribution is -2.44. The third-order valence-electron chi connectivity index (χ3n) is 6.08. The van der Waals surface area contributed by atoms with Gasteiger partial charge in [-0.3, -0.25) is 9.59 Å². The van der Waals surface area contributed by atoms with E-state index in [0.717, 1.165) is 48.6 Å². The Morgan fingerprint density at radius 2 is 1.83 bits per heavy atom. The molecule has 2 aromatic rings. The van der Waals surface area contributed by atoms with Gasteiger partial charge < -0.3 is 20.9 Å². The Labute approximate surface area is 178 Å².